The molecule has 0 N–H and O–H groups in total. The maximum absolute atomic E-state index is 11.5. The summed E-state index contributed by atoms with van der Waals surface area (Å²) in [6, 6.07) is 0. The first kappa shape index (κ1) is 17.2. The SMILES string of the molecule is CCCCN(CC=C(CC)C(=O)OC)CCCC. The molecule has 0 atom stereocenters. The first-order valence-corrected chi connectivity index (χ1v) is 7.19. The first-order valence-electron chi connectivity index (χ1n) is 7.19. The zero-order valence-corrected chi connectivity index (χ0v) is 12.5. The van der Waals surface area contributed by atoms with Crippen LogP contribution in [-0.2, 0) is 9.53 Å². The Balaban J connectivity index is 4.34. The minimum atomic E-state index is -0.191. The van der Waals surface area contributed by atoms with Crippen LogP contribution in [0.15, 0.2) is 11.6 Å². The van der Waals surface area contributed by atoms with Gasteiger partial charge in [-0.05, 0) is 32.4 Å². The third-order valence-corrected chi connectivity index (χ3v) is 3.08. The number of hydrogen-bond acceptors (Lipinski definition) is 3. The van der Waals surface area contributed by atoms with Crippen LogP contribution in [0.2, 0.25) is 0 Å². The number of unbranched alkanes of at least 4 members (excludes halogenated alkanes) is 2. The van der Waals surface area contributed by atoms with Crippen molar-refractivity contribution in [1.82, 2.24) is 4.90 Å². The van der Waals surface area contributed by atoms with Crippen molar-refractivity contribution in [3.05, 3.63) is 11.6 Å². The number of methoxy groups -OCH3 is 1. The second-order valence-corrected chi connectivity index (χ2v) is 4.58. The van der Waals surface area contributed by atoms with E-state index in [1.807, 2.05) is 13.0 Å². The normalized spacial score (nSPS) is 11.9. The van der Waals surface area contributed by atoms with Crippen molar-refractivity contribution in [3.63, 3.8) is 0 Å². The molecule has 0 heterocycles. The summed E-state index contributed by atoms with van der Waals surface area (Å²) in [5.74, 6) is -0.191. The number of carbonyl (C=O) groups is 1. The molecule has 0 aliphatic rings. The fourth-order valence-electron chi connectivity index (χ4n) is 1.80. The van der Waals surface area contributed by atoms with E-state index in [-0.39, 0.29) is 5.97 Å². The van der Waals surface area contributed by atoms with Gasteiger partial charge in [0.15, 0.2) is 0 Å². The van der Waals surface area contributed by atoms with Gasteiger partial charge in [0.05, 0.1) is 7.11 Å². The maximum Gasteiger partial charge on any atom is 0.333 e. The van der Waals surface area contributed by atoms with E-state index in [1.165, 1.54) is 32.8 Å². The highest BCUT2D eigenvalue weighted by Gasteiger charge is 2.08. The number of nitrogens with zero attached hydrogens (tertiary/aromatic N) is 1. The summed E-state index contributed by atoms with van der Waals surface area (Å²) in [5, 5.41) is 0. The molecule has 0 aromatic heterocycles. The molecule has 106 valence electrons. The molecule has 0 aliphatic heterocycles. The lowest BCUT2D eigenvalue weighted by atomic mass is 10.2. The van der Waals surface area contributed by atoms with E-state index < -0.39 is 0 Å². The largest absolute Gasteiger partial charge is 0.466 e. The van der Waals surface area contributed by atoms with Gasteiger partial charge < -0.3 is 4.74 Å². The predicted molar refractivity (Wildman–Crippen MR) is 76.6 cm³/mol. The number of esters is 1. The van der Waals surface area contributed by atoms with Crippen molar-refractivity contribution in [2.45, 2.75) is 52.9 Å². The van der Waals surface area contributed by atoms with Crippen LogP contribution in [0.5, 0.6) is 0 Å². The van der Waals surface area contributed by atoms with Crippen molar-refractivity contribution in [2.75, 3.05) is 26.7 Å². The molecule has 0 saturated heterocycles. The molecule has 0 aromatic carbocycles. The van der Waals surface area contributed by atoms with Crippen LogP contribution in [0.4, 0.5) is 0 Å². The van der Waals surface area contributed by atoms with Gasteiger partial charge in [-0.3, -0.25) is 4.90 Å². The standard InChI is InChI=1S/C15H29NO2/c1-5-8-11-16(12-9-6-2)13-10-14(7-3)15(17)18-4/h10H,5-9,11-13H2,1-4H3. The Morgan fingerprint density at radius 1 is 1.11 bits per heavy atom. The van der Waals surface area contributed by atoms with Crippen LogP contribution in [0, 0.1) is 0 Å². The van der Waals surface area contributed by atoms with Gasteiger partial charge in [-0.15, -0.1) is 0 Å². The second-order valence-electron chi connectivity index (χ2n) is 4.58. The topological polar surface area (TPSA) is 29.5 Å². The van der Waals surface area contributed by atoms with E-state index in [0.717, 1.165) is 31.6 Å². The maximum atomic E-state index is 11.5. The summed E-state index contributed by atoms with van der Waals surface area (Å²) in [6.45, 7) is 9.50. The molecule has 18 heavy (non-hydrogen) atoms. The minimum Gasteiger partial charge on any atom is -0.466 e. The molecule has 0 amide bonds. The summed E-state index contributed by atoms with van der Waals surface area (Å²) in [6.07, 6.45) is 7.63. The molecule has 0 aromatic rings. The Morgan fingerprint density at radius 2 is 1.67 bits per heavy atom. The highest BCUT2D eigenvalue weighted by Crippen LogP contribution is 2.05. The van der Waals surface area contributed by atoms with E-state index in [2.05, 4.69) is 18.7 Å². The van der Waals surface area contributed by atoms with Gasteiger partial charge in [0.25, 0.3) is 0 Å². The Morgan fingerprint density at radius 3 is 2.06 bits per heavy atom. The van der Waals surface area contributed by atoms with Gasteiger partial charge in [0.1, 0.15) is 0 Å². The lowest BCUT2D eigenvalue weighted by Gasteiger charge is -2.20. The van der Waals surface area contributed by atoms with Crippen molar-refractivity contribution in [3.8, 4) is 0 Å². The van der Waals surface area contributed by atoms with Crippen LogP contribution >= 0.6 is 0 Å². The van der Waals surface area contributed by atoms with Crippen LogP contribution in [0.25, 0.3) is 0 Å². The van der Waals surface area contributed by atoms with Crippen molar-refractivity contribution < 1.29 is 9.53 Å². The number of hydrogen-bond donors (Lipinski definition) is 0. The summed E-state index contributed by atoms with van der Waals surface area (Å²) in [4.78, 5) is 13.9. The summed E-state index contributed by atoms with van der Waals surface area (Å²) in [5.41, 5.74) is 0.787. The van der Waals surface area contributed by atoms with E-state index >= 15 is 0 Å². The van der Waals surface area contributed by atoms with Gasteiger partial charge in [0.2, 0.25) is 0 Å². The van der Waals surface area contributed by atoms with Crippen LogP contribution < -0.4 is 0 Å². The summed E-state index contributed by atoms with van der Waals surface area (Å²) in [7, 11) is 1.44. The molecule has 0 rings (SSSR count). The molecule has 0 saturated carbocycles. The van der Waals surface area contributed by atoms with Gasteiger partial charge in [-0.25, -0.2) is 4.79 Å². The van der Waals surface area contributed by atoms with Crippen molar-refractivity contribution in [2.24, 2.45) is 0 Å². The van der Waals surface area contributed by atoms with Crippen LogP contribution in [0.1, 0.15) is 52.9 Å². The first-order chi connectivity index (χ1) is 8.69. The van der Waals surface area contributed by atoms with E-state index in [0.29, 0.717) is 0 Å². The molecule has 0 unspecified atom stereocenters. The molecule has 0 radical (unpaired) electrons. The molecule has 0 aliphatic carbocycles. The smallest absolute Gasteiger partial charge is 0.333 e. The fraction of sp³-hybridized carbons (Fsp3) is 0.800. The molecular formula is C15H29NO2. The molecular weight excluding hydrogens is 226 g/mol. The lowest BCUT2D eigenvalue weighted by molar-refractivity contribution is -0.136. The molecule has 3 nitrogen and oxygen atoms in total. The van der Waals surface area contributed by atoms with Gasteiger partial charge in [-0.2, -0.15) is 0 Å². The third-order valence-electron chi connectivity index (χ3n) is 3.08. The van der Waals surface area contributed by atoms with Crippen LogP contribution in [-0.4, -0.2) is 37.6 Å². The molecule has 0 spiro atoms. The minimum absolute atomic E-state index is 0.191. The lowest BCUT2D eigenvalue weighted by Crippen LogP contribution is -2.26. The fourth-order valence-corrected chi connectivity index (χ4v) is 1.80. The summed E-state index contributed by atoms with van der Waals surface area (Å²) >= 11 is 0. The highest BCUT2D eigenvalue weighted by molar-refractivity contribution is 5.88. The molecule has 0 bridgehead atoms. The van der Waals surface area contributed by atoms with E-state index in [9.17, 15) is 4.79 Å². The summed E-state index contributed by atoms with van der Waals surface area (Å²) < 4.78 is 4.77. The van der Waals surface area contributed by atoms with E-state index in [1.54, 1.807) is 0 Å². The Hall–Kier alpha value is -0.830. The van der Waals surface area contributed by atoms with Gasteiger partial charge >= 0.3 is 5.97 Å². The Bertz CT molecular complexity index is 241. The third kappa shape index (κ3) is 7.49. The van der Waals surface area contributed by atoms with Gasteiger partial charge in [-0.1, -0.05) is 39.7 Å². The average molecular weight is 255 g/mol. The average Bonchev–Trinajstić information content (AvgIpc) is 2.40. The monoisotopic (exact) mass is 255 g/mol. The zero-order chi connectivity index (χ0) is 13.8. The van der Waals surface area contributed by atoms with Crippen LogP contribution in [0.3, 0.4) is 0 Å². The zero-order valence-electron chi connectivity index (χ0n) is 12.5. The van der Waals surface area contributed by atoms with Gasteiger partial charge in [0, 0.05) is 12.1 Å². The number of ether oxygens (including phenoxy) is 1. The molecule has 0 fully saturated rings. The molecule has 3 heteroatoms. The Kier molecular flexibility index (Phi) is 10.8. The van der Waals surface area contributed by atoms with E-state index in [4.69, 9.17) is 4.74 Å². The predicted octanol–water partition coefficient (Wildman–Crippen LogP) is 3.40. The second kappa shape index (κ2) is 11.3. The van der Waals surface area contributed by atoms with Crippen molar-refractivity contribution in [1.29, 1.82) is 0 Å². The highest BCUT2D eigenvalue weighted by atomic mass is 16.5. The number of rotatable bonds is 10. The Labute approximate surface area is 112 Å². The number of carbonyl (C=O) groups excluding carboxylic acids is 1. The van der Waals surface area contributed by atoms with Crippen molar-refractivity contribution >= 4 is 5.97 Å². The quantitative estimate of drug-likeness (QED) is 0.442.